The average molecular weight is 568 g/mol. The van der Waals surface area contributed by atoms with E-state index in [-0.39, 0.29) is 34.8 Å². The number of aromatic nitrogens is 4. The summed E-state index contributed by atoms with van der Waals surface area (Å²) < 4.78 is 28.4. The number of para-hydroxylation sites is 1. The molecule has 0 spiro atoms. The highest BCUT2D eigenvalue weighted by atomic mass is 19.1. The van der Waals surface area contributed by atoms with Crippen LogP contribution in [0.2, 0.25) is 0 Å². The fourth-order valence-corrected chi connectivity index (χ4v) is 5.60. The zero-order chi connectivity index (χ0) is 29.1. The van der Waals surface area contributed by atoms with Crippen LogP contribution < -0.4 is 10.5 Å². The number of carbonyl (C=O) groups excluding carboxylic acids is 1. The van der Waals surface area contributed by atoms with E-state index in [1.165, 1.54) is 12.4 Å². The molecule has 4 aromatic rings. The number of anilines is 1. The third kappa shape index (κ3) is 5.53. The lowest BCUT2D eigenvalue weighted by Crippen LogP contribution is -2.41. The van der Waals surface area contributed by atoms with Crippen molar-refractivity contribution < 1.29 is 18.7 Å². The number of hydrogen-bond acceptors (Lipinski definition) is 8. The Balaban J connectivity index is 1.29. The largest absolute Gasteiger partial charge is 0.457 e. The van der Waals surface area contributed by atoms with E-state index >= 15 is 4.39 Å². The van der Waals surface area contributed by atoms with Crippen LogP contribution in [0.15, 0.2) is 66.5 Å². The van der Waals surface area contributed by atoms with Crippen LogP contribution in [0.5, 0.6) is 11.5 Å². The Labute approximate surface area is 242 Å². The van der Waals surface area contributed by atoms with Crippen LogP contribution in [0, 0.1) is 23.1 Å². The fraction of sp³-hybridized carbons (Fsp3) is 0.323. The lowest BCUT2D eigenvalue weighted by atomic mass is 9.96. The van der Waals surface area contributed by atoms with Crippen LogP contribution in [0.3, 0.4) is 0 Å². The molecule has 6 rings (SSSR count). The summed E-state index contributed by atoms with van der Waals surface area (Å²) in [5.41, 5.74) is 7.43. The van der Waals surface area contributed by atoms with Crippen LogP contribution in [0.25, 0.3) is 22.3 Å². The number of nitrogens with zero attached hydrogens (tertiary/aromatic N) is 6. The predicted molar refractivity (Wildman–Crippen MR) is 154 cm³/mol. The Kier molecular flexibility index (Phi) is 7.79. The van der Waals surface area contributed by atoms with Crippen molar-refractivity contribution in [3.63, 3.8) is 0 Å². The van der Waals surface area contributed by atoms with E-state index in [1.807, 2.05) is 18.2 Å². The van der Waals surface area contributed by atoms with Crippen molar-refractivity contribution in [2.75, 3.05) is 32.0 Å². The summed E-state index contributed by atoms with van der Waals surface area (Å²) in [6.07, 6.45) is 6.16. The van der Waals surface area contributed by atoms with Crippen LogP contribution >= 0.6 is 0 Å². The van der Waals surface area contributed by atoms with Crippen molar-refractivity contribution in [3.05, 3.63) is 72.3 Å². The molecule has 4 heterocycles. The number of fused-ring (bicyclic) bond motifs is 1. The Bertz CT molecular complexity index is 1680. The van der Waals surface area contributed by atoms with Gasteiger partial charge in [-0.2, -0.15) is 10.4 Å². The van der Waals surface area contributed by atoms with Gasteiger partial charge in [-0.15, -0.1) is 0 Å². The molecule has 0 radical (unpaired) electrons. The molecule has 1 amide bonds. The summed E-state index contributed by atoms with van der Waals surface area (Å²) in [5.74, 6) is 0.444. The van der Waals surface area contributed by atoms with E-state index in [9.17, 15) is 10.1 Å². The predicted octanol–water partition coefficient (Wildman–Crippen LogP) is 5.05. The quantitative estimate of drug-likeness (QED) is 0.253. The molecule has 2 saturated heterocycles. The number of carbonyl (C=O) groups is 1. The molecule has 2 fully saturated rings. The summed E-state index contributed by atoms with van der Waals surface area (Å²) >= 11 is 0. The molecule has 0 unspecified atom stereocenters. The number of rotatable bonds is 6. The topological polar surface area (TPSA) is 132 Å². The highest BCUT2D eigenvalue weighted by Crippen LogP contribution is 2.36. The second-order valence-corrected chi connectivity index (χ2v) is 10.5. The molecule has 0 saturated carbocycles. The summed E-state index contributed by atoms with van der Waals surface area (Å²) in [7, 11) is 0. The van der Waals surface area contributed by atoms with Gasteiger partial charge in [-0.25, -0.2) is 19.0 Å². The summed E-state index contributed by atoms with van der Waals surface area (Å²) in [5, 5.41) is 15.0. The number of nitriles is 1. The number of amides is 1. The summed E-state index contributed by atoms with van der Waals surface area (Å²) in [6.45, 7) is 2.12. The van der Waals surface area contributed by atoms with Gasteiger partial charge in [-0.3, -0.25) is 4.79 Å². The Morgan fingerprint density at radius 2 is 1.93 bits per heavy atom. The third-order valence-corrected chi connectivity index (χ3v) is 7.74. The first-order valence-electron chi connectivity index (χ1n) is 14.0. The van der Waals surface area contributed by atoms with Gasteiger partial charge in [0.05, 0.1) is 11.4 Å². The third-order valence-electron chi connectivity index (χ3n) is 7.74. The molecular weight excluding hydrogens is 537 g/mol. The molecule has 2 aliphatic rings. The standard InChI is InChI=1S/C31H30FN7O3/c32-26-16-24(42-23-6-2-1-3-7-23)8-9-25(26)28-27-29(34)35-19-36-30(27)39(37-28)22-5-4-12-38(18-22)31(40)21(17-33)15-20-10-13-41-14-11-20/h1-3,6-9,15-16,19-20,22H,4-5,10-14,18H2,(H2,34,35,36)/b21-15+/t22-/m1/s1. The summed E-state index contributed by atoms with van der Waals surface area (Å²) in [4.78, 5) is 23.7. The van der Waals surface area contributed by atoms with Crippen molar-refractivity contribution in [1.82, 2.24) is 24.6 Å². The first-order chi connectivity index (χ1) is 20.5. The van der Waals surface area contributed by atoms with E-state index in [2.05, 4.69) is 16.0 Å². The zero-order valence-electron chi connectivity index (χ0n) is 22.9. The van der Waals surface area contributed by atoms with Gasteiger partial charge in [0.1, 0.15) is 46.8 Å². The van der Waals surface area contributed by atoms with Crippen molar-refractivity contribution >= 4 is 22.8 Å². The van der Waals surface area contributed by atoms with Crippen molar-refractivity contribution in [3.8, 4) is 28.8 Å². The SMILES string of the molecule is N#C/C(=C\C1CCOCC1)C(=O)N1CCC[C@@H](n2nc(-c3ccc(Oc4ccccc4)cc3F)c3c(N)ncnc32)C1. The van der Waals surface area contributed by atoms with Gasteiger partial charge < -0.3 is 20.1 Å². The Morgan fingerprint density at radius 3 is 2.69 bits per heavy atom. The highest BCUT2D eigenvalue weighted by Gasteiger charge is 2.31. The van der Waals surface area contributed by atoms with Crippen molar-refractivity contribution in [1.29, 1.82) is 5.26 Å². The van der Waals surface area contributed by atoms with E-state index in [0.717, 1.165) is 19.3 Å². The van der Waals surface area contributed by atoms with Gasteiger partial charge in [0.2, 0.25) is 0 Å². The summed E-state index contributed by atoms with van der Waals surface area (Å²) in [6, 6.07) is 15.6. The van der Waals surface area contributed by atoms with E-state index in [0.29, 0.717) is 61.0 Å². The van der Waals surface area contributed by atoms with E-state index in [1.54, 1.807) is 39.9 Å². The zero-order valence-corrected chi connectivity index (χ0v) is 22.9. The second-order valence-electron chi connectivity index (χ2n) is 10.5. The van der Waals surface area contributed by atoms with Gasteiger partial charge in [-0.1, -0.05) is 24.3 Å². The maximum atomic E-state index is 15.5. The van der Waals surface area contributed by atoms with E-state index < -0.39 is 5.82 Å². The minimum Gasteiger partial charge on any atom is -0.457 e. The smallest absolute Gasteiger partial charge is 0.264 e. The normalized spacial score (nSPS) is 18.1. The lowest BCUT2D eigenvalue weighted by molar-refractivity contribution is -0.128. The molecule has 0 aliphatic carbocycles. The van der Waals surface area contributed by atoms with Gasteiger partial charge in [0.25, 0.3) is 5.91 Å². The molecule has 10 nitrogen and oxygen atoms in total. The first-order valence-corrected chi connectivity index (χ1v) is 14.0. The van der Waals surface area contributed by atoms with Crippen molar-refractivity contribution in [2.45, 2.75) is 31.7 Å². The molecule has 2 aromatic heterocycles. The fourth-order valence-electron chi connectivity index (χ4n) is 5.60. The number of likely N-dealkylation sites (tertiary alicyclic amines) is 1. The number of ether oxygens (including phenoxy) is 2. The average Bonchev–Trinajstić information content (AvgIpc) is 3.41. The first kappa shape index (κ1) is 27.4. The Morgan fingerprint density at radius 1 is 1.12 bits per heavy atom. The van der Waals surface area contributed by atoms with Gasteiger partial charge in [0.15, 0.2) is 5.65 Å². The molecule has 1 atom stereocenters. The van der Waals surface area contributed by atoms with Gasteiger partial charge >= 0.3 is 0 Å². The molecule has 2 N–H and O–H groups in total. The second kappa shape index (κ2) is 12.0. The lowest BCUT2D eigenvalue weighted by Gasteiger charge is -2.33. The molecule has 11 heteroatoms. The molecule has 2 aliphatic heterocycles. The van der Waals surface area contributed by atoms with E-state index in [4.69, 9.17) is 20.3 Å². The maximum absolute atomic E-state index is 15.5. The molecular formula is C31H30FN7O3. The minimum absolute atomic E-state index is 0.148. The minimum atomic E-state index is -0.532. The number of piperidine rings is 1. The molecule has 0 bridgehead atoms. The number of halogens is 1. The van der Waals surface area contributed by atoms with Crippen LogP contribution in [0.4, 0.5) is 10.2 Å². The number of allylic oxidation sites excluding steroid dienone is 1. The maximum Gasteiger partial charge on any atom is 0.264 e. The van der Waals surface area contributed by atoms with Gasteiger partial charge in [-0.05, 0) is 55.9 Å². The van der Waals surface area contributed by atoms with Crippen LogP contribution in [-0.2, 0) is 9.53 Å². The molecule has 214 valence electrons. The van der Waals surface area contributed by atoms with Crippen LogP contribution in [-0.4, -0.2) is 56.9 Å². The van der Waals surface area contributed by atoms with Crippen LogP contribution in [0.1, 0.15) is 31.7 Å². The number of nitrogens with two attached hydrogens (primary N) is 1. The monoisotopic (exact) mass is 567 g/mol. The van der Waals surface area contributed by atoms with Gasteiger partial charge in [0, 0.05) is 37.9 Å². The number of benzene rings is 2. The highest BCUT2D eigenvalue weighted by molar-refractivity contribution is 5.99. The molecule has 2 aromatic carbocycles. The number of nitrogen functional groups attached to an aromatic ring is 1. The Hall–Kier alpha value is -4.82. The number of hydrogen-bond donors (Lipinski definition) is 1. The van der Waals surface area contributed by atoms with Crippen molar-refractivity contribution in [2.24, 2.45) is 5.92 Å². The molecule has 42 heavy (non-hydrogen) atoms.